The first-order valence-electron chi connectivity index (χ1n) is 5.99. The number of hydrogen-bond donors (Lipinski definition) is 2. The lowest BCUT2D eigenvalue weighted by Gasteiger charge is -2.09. The molecule has 0 unspecified atom stereocenters. The molecular weight excluding hydrogens is 258 g/mol. The second-order valence-corrected chi connectivity index (χ2v) is 3.68. The summed E-state index contributed by atoms with van der Waals surface area (Å²) in [5, 5.41) is 14.0. The average Bonchev–Trinajstić information content (AvgIpc) is 2.45. The Hall–Kier alpha value is -2.81. The lowest BCUT2D eigenvalue weighted by atomic mass is 10.1. The van der Waals surface area contributed by atoms with Gasteiger partial charge in [-0.1, -0.05) is 12.1 Å². The van der Waals surface area contributed by atoms with Gasteiger partial charge in [-0.15, -0.1) is 0 Å². The van der Waals surface area contributed by atoms with Crippen molar-refractivity contribution in [1.82, 2.24) is 5.32 Å². The van der Waals surface area contributed by atoms with Gasteiger partial charge in [-0.3, -0.25) is 4.79 Å². The molecule has 1 aromatic carbocycles. The van der Waals surface area contributed by atoms with Gasteiger partial charge in [-0.05, 0) is 19.1 Å². The standard InChI is InChI=1S/C14H15N3O3/c1-3-20-14(19)11-6-4-5-7-12(11)17-13(18)10(8-15)9-16-2/h4-7,9,16H,3H2,1-2H3,(H,17,18)/b10-9-. The number of hydrogen-bond acceptors (Lipinski definition) is 5. The van der Waals surface area contributed by atoms with E-state index in [1.165, 1.54) is 6.20 Å². The molecule has 1 amide bonds. The lowest BCUT2D eigenvalue weighted by molar-refractivity contribution is -0.112. The van der Waals surface area contributed by atoms with E-state index in [1.54, 1.807) is 44.3 Å². The molecule has 6 nitrogen and oxygen atoms in total. The van der Waals surface area contributed by atoms with E-state index in [0.29, 0.717) is 5.69 Å². The first-order chi connectivity index (χ1) is 9.63. The third-order valence-corrected chi connectivity index (χ3v) is 2.32. The summed E-state index contributed by atoms with van der Waals surface area (Å²) in [6.07, 6.45) is 1.28. The molecule has 6 heteroatoms. The van der Waals surface area contributed by atoms with E-state index in [-0.39, 0.29) is 17.7 Å². The van der Waals surface area contributed by atoms with Crippen molar-refractivity contribution in [3.8, 4) is 6.07 Å². The third-order valence-electron chi connectivity index (χ3n) is 2.32. The van der Waals surface area contributed by atoms with Crippen LogP contribution in [0.2, 0.25) is 0 Å². The van der Waals surface area contributed by atoms with Gasteiger partial charge >= 0.3 is 5.97 Å². The fourth-order valence-corrected chi connectivity index (χ4v) is 1.46. The van der Waals surface area contributed by atoms with Crippen molar-refractivity contribution in [3.05, 3.63) is 41.6 Å². The smallest absolute Gasteiger partial charge is 0.340 e. The first-order valence-corrected chi connectivity index (χ1v) is 5.99. The summed E-state index contributed by atoms with van der Waals surface area (Å²) in [5.74, 6) is -1.13. The predicted molar refractivity (Wildman–Crippen MR) is 73.8 cm³/mol. The van der Waals surface area contributed by atoms with Crippen molar-refractivity contribution in [2.24, 2.45) is 0 Å². The molecule has 1 rings (SSSR count). The summed E-state index contributed by atoms with van der Waals surface area (Å²) in [6, 6.07) is 8.21. The van der Waals surface area contributed by atoms with Crippen molar-refractivity contribution < 1.29 is 14.3 Å². The second-order valence-electron chi connectivity index (χ2n) is 3.68. The van der Waals surface area contributed by atoms with Crippen LogP contribution in [0, 0.1) is 11.3 Å². The molecule has 20 heavy (non-hydrogen) atoms. The Bertz CT molecular complexity index is 573. The summed E-state index contributed by atoms with van der Waals surface area (Å²) in [4.78, 5) is 23.6. The Morgan fingerprint density at radius 1 is 1.40 bits per heavy atom. The Morgan fingerprint density at radius 3 is 2.70 bits per heavy atom. The molecule has 0 radical (unpaired) electrons. The number of carbonyl (C=O) groups is 2. The molecule has 1 aromatic rings. The third kappa shape index (κ3) is 3.85. The summed E-state index contributed by atoms with van der Waals surface area (Å²) in [6.45, 7) is 1.94. The maximum Gasteiger partial charge on any atom is 0.340 e. The molecular formula is C14H15N3O3. The molecule has 0 heterocycles. The van der Waals surface area contributed by atoms with Crippen LogP contribution < -0.4 is 10.6 Å². The number of carbonyl (C=O) groups excluding carboxylic acids is 2. The number of nitriles is 1. The van der Waals surface area contributed by atoms with Gasteiger partial charge in [0, 0.05) is 13.2 Å². The van der Waals surface area contributed by atoms with Crippen LogP contribution in [0.1, 0.15) is 17.3 Å². The molecule has 0 aromatic heterocycles. The van der Waals surface area contributed by atoms with Gasteiger partial charge in [0.25, 0.3) is 5.91 Å². The van der Waals surface area contributed by atoms with E-state index >= 15 is 0 Å². The fourth-order valence-electron chi connectivity index (χ4n) is 1.46. The van der Waals surface area contributed by atoms with Gasteiger partial charge in [-0.2, -0.15) is 5.26 Å². The summed E-state index contributed by atoms with van der Waals surface area (Å²) >= 11 is 0. The summed E-state index contributed by atoms with van der Waals surface area (Å²) in [5.41, 5.74) is 0.448. The quantitative estimate of drug-likeness (QED) is 0.481. The topological polar surface area (TPSA) is 91.2 Å². The Morgan fingerprint density at radius 2 is 2.10 bits per heavy atom. The van der Waals surface area contributed by atoms with Crippen molar-refractivity contribution in [2.45, 2.75) is 6.92 Å². The number of ether oxygens (including phenoxy) is 1. The average molecular weight is 273 g/mol. The predicted octanol–water partition coefficient (Wildman–Crippen LogP) is 1.43. The summed E-state index contributed by atoms with van der Waals surface area (Å²) < 4.78 is 4.90. The first kappa shape index (κ1) is 15.2. The lowest BCUT2D eigenvalue weighted by Crippen LogP contribution is -2.18. The Kier molecular flexibility index (Phi) is 5.78. The monoisotopic (exact) mass is 273 g/mol. The second kappa shape index (κ2) is 7.59. The van der Waals surface area contributed by atoms with Crippen molar-refractivity contribution >= 4 is 17.6 Å². The zero-order valence-corrected chi connectivity index (χ0v) is 11.3. The van der Waals surface area contributed by atoms with Crippen LogP contribution in [0.3, 0.4) is 0 Å². The molecule has 0 aliphatic carbocycles. The number of esters is 1. The Balaban J connectivity index is 2.99. The van der Waals surface area contributed by atoms with E-state index in [2.05, 4.69) is 10.6 Å². The molecule has 0 saturated carbocycles. The SMILES string of the molecule is CCOC(=O)c1ccccc1NC(=O)/C(C#N)=C\NC. The van der Waals surface area contributed by atoms with Gasteiger partial charge in [0.05, 0.1) is 17.9 Å². The number of rotatable bonds is 5. The van der Waals surface area contributed by atoms with E-state index in [4.69, 9.17) is 10.00 Å². The molecule has 0 saturated heterocycles. The number of nitrogens with zero attached hydrogens (tertiary/aromatic N) is 1. The largest absolute Gasteiger partial charge is 0.462 e. The Labute approximate surface area is 117 Å². The minimum atomic E-state index is -0.599. The molecule has 0 atom stereocenters. The minimum absolute atomic E-state index is 0.0915. The fraction of sp³-hybridized carbons (Fsp3) is 0.214. The highest BCUT2D eigenvalue weighted by Gasteiger charge is 2.15. The van der Waals surface area contributed by atoms with Crippen LogP contribution in [0.5, 0.6) is 0 Å². The van der Waals surface area contributed by atoms with Gasteiger partial charge in [0.2, 0.25) is 0 Å². The maximum atomic E-state index is 11.9. The van der Waals surface area contributed by atoms with E-state index < -0.39 is 11.9 Å². The highest BCUT2D eigenvalue weighted by Crippen LogP contribution is 2.17. The molecule has 0 aliphatic rings. The number of para-hydroxylation sites is 1. The van der Waals surface area contributed by atoms with Gasteiger partial charge < -0.3 is 15.4 Å². The molecule has 0 aliphatic heterocycles. The van der Waals surface area contributed by atoms with Gasteiger partial charge in [-0.25, -0.2) is 4.79 Å². The highest BCUT2D eigenvalue weighted by molar-refractivity contribution is 6.09. The molecule has 0 fully saturated rings. The normalized spacial score (nSPS) is 10.3. The van der Waals surface area contributed by atoms with E-state index in [1.807, 2.05) is 0 Å². The van der Waals surface area contributed by atoms with E-state index in [0.717, 1.165) is 0 Å². The van der Waals surface area contributed by atoms with Gasteiger partial charge in [0.1, 0.15) is 11.6 Å². The minimum Gasteiger partial charge on any atom is -0.462 e. The molecule has 0 spiro atoms. The van der Waals surface area contributed by atoms with Crippen molar-refractivity contribution in [3.63, 3.8) is 0 Å². The summed E-state index contributed by atoms with van der Waals surface area (Å²) in [7, 11) is 1.58. The van der Waals surface area contributed by atoms with Crippen molar-refractivity contribution in [2.75, 3.05) is 19.0 Å². The number of benzene rings is 1. The molecule has 0 bridgehead atoms. The van der Waals surface area contributed by atoms with Crippen molar-refractivity contribution in [1.29, 1.82) is 5.26 Å². The van der Waals surface area contributed by atoms with Gasteiger partial charge in [0.15, 0.2) is 0 Å². The number of nitrogens with one attached hydrogen (secondary N) is 2. The highest BCUT2D eigenvalue weighted by atomic mass is 16.5. The zero-order valence-electron chi connectivity index (χ0n) is 11.3. The van der Waals surface area contributed by atoms with Crippen LogP contribution >= 0.6 is 0 Å². The number of anilines is 1. The number of amides is 1. The van der Waals surface area contributed by atoms with Crippen LogP contribution in [0.4, 0.5) is 5.69 Å². The van der Waals surface area contributed by atoms with Crippen LogP contribution in [0.15, 0.2) is 36.0 Å². The van der Waals surface area contributed by atoms with Crippen LogP contribution in [-0.2, 0) is 9.53 Å². The molecule has 104 valence electrons. The van der Waals surface area contributed by atoms with Crippen LogP contribution in [-0.4, -0.2) is 25.5 Å². The molecule has 2 N–H and O–H groups in total. The maximum absolute atomic E-state index is 11.9. The van der Waals surface area contributed by atoms with Crippen LogP contribution in [0.25, 0.3) is 0 Å². The zero-order chi connectivity index (χ0) is 15.0. The van der Waals surface area contributed by atoms with E-state index in [9.17, 15) is 9.59 Å².